The standard InChI is InChI=1S/C27H35N3S/c1-19(2)31-17-20(3)22-5-4-6-23(15-22)29-18-26-9-12-27(13-10-26,14-11-26)24-16-28-25(30-24)21-7-8-21/h4-6,15,17,21,29H,1,7-14,16,18H2,2-3H3/b20-17+. The predicted octanol–water partition coefficient (Wildman–Crippen LogP) is 7.33. The van der Waals surface area contributed by atoms with E-state index < -0.39 is 0 Å². The Morgan fingerprint density at radius 1 is 1.16 bits per heavy atom. The summed E-state index contributed by atoms with van der Waals surface area (Å²) in [5, 5.41) is 6.00. The van der Waals surface area contributed by atoms with Gasteiger partial charge in [-0.3, -0.25) is 4.99 Å². The van der Waals surface area contributed by atoms with E-state index >= 15 is 0 Å². The summed E-state index contributed by atoms with van der Waals surface area (Å²) in [5.41, 5.74) is 6.07. The van der Waals surface area contributed by atoms with Crippen molar-refractivity contribution in [1.29, 1.82) is 0 Å². The monoisotopic (exact) mass is 433 g/mol. The van der Waals surface area contributed by atoms with Crippen molar-refractivity contribution in [3.63, 3.8) is 0 Å². The van der Waals surface area contributed by atoms with Gasteiger partial charge in [-0.05, 0) is 104 Å². The van der Waals surface area contributed by atoms with Crippen molar-refractivity contribution in [2.24, 2.45) is 26.7 Å². The molecule has 0 atom stereocenters. The van der Waals surface area contributed by atoms with Gasteiger partial charge in [-0.2, -0.15) is 0 Å². The van der Waals surface area contributed by atoms with Crippen LogP contribution in [0.3, 0.4) is 0 Å². The molecule has 4 saturated carbocycles. The summed E-state index contributed by atoms with van der Waals surface area (Å²) in [7, 11) is 0. The first kappa shape index (κ1) is 21.1. The predicted molar refractivity (Wildman–Crippen MR) is 136 cm³/mol. The SMILES string of the molecule is C=C(C)S/C=C(\C)c1cccc(NCC23CCC(C4=NC(C5CC5)=NC4)(CC2)CC3)c1. The Bertz CT molecular complexity index is 942. The number of benzene rings is 1. The van der Waals surface area contributed by atoms with Gasteiger partial charge < -0.3 is 5.32 Å². The molecule has 0 unspecified atom stereocenters. The van der Waals surface area contributed by atoms with Crippen LogP contribution in [0.15, 0.2) is 51.1 Å². The highest BCUT2D eigenvalue weighted by Crippen LogP contribution is 2.58. The minimum atomic E-state index is 0.366. The summed E-state index contributed by atoms with van der Waals surface area (Å²) >= 11 is 1.70. The lowest BCUT2D eigenvalue weighted by molar-refractivity contribution is 0.0434. The molecule has 3 nitrogen and oxygen atoms in total. The maximum absolute atomic E-state index is 5.05. The molecule has 4 heteroatoms. The molecule has 1 N–H and O–H groups in total. The fraction of sp³-hybridized carbons (Fsp3) is 0.556. The lowest BCUT2D eigenvalue weighted by Crippen LogP contribution is -2.48. The maximum atomic E-state index is 5.05. The lowest BCUT2D eigenvalue weighted by atomic mass is 9.52. The van der Waals surface area contributed by atoms with Gasteiger partial charge in [0, 0.05) is 29.3 Å². The van der Waals surface area contributed by atoms with Crippen LogP contribution in [0.25, 0.3) is 5.57 Å². The number of rotatable bonds is 8. The summed E-state index contributed by atoms with van der Waals surface area (Å²) in [6, 6.07) is 8.87. The van der Waals surface area contributed by atoms with E-state index in [9.17, 15) is 0 Å². The Morgan fingerprint density at radius 2 is 1.90 bits per heavy atom. The zero-order valence-electron chi connectivity index (χ0n) is 19.0. The Balaban J connectivity index is 1.20. The molecule has 0 amide bonds. The van der Waals surface area contributed by atoms with Crippen molar-refractivity contribution in [3.8, 4) is 0 Å². The summed E-state index contributed by atoms with van der Waals surface area (Å²) in [6.07, 6.45) is 10.5. The molecular formula is C27H35N3S. The number of anilines is 1. The largest absolute Gasteiger partial charge is 0.384 e. The van der Waals surface area contributed by atoms with E-state index in [2.05, 4.69) is 48.5 Å². The maximum Gasteiger partial charge on any atom is 0.126 e. The van der Waals surface area contributed by atoms with Crippen molar-refractivity contribution < 1.29 is 0 Å². The molecule has 0 aromatic heterocycles. The van der Waals surface area contributed by atoms with Crippen LogP contribution < -0.4 is 5.32 Å². The summed E-state index contributed by atoms with van der Waals surface area (Å²) < 4.78 is 0. The number of fused-ring (bicyclic) bond motifs is 3. The van der Waals surface area contributed by atoms with Crippen LogP contribution in [-0.2, 0) is 0 Å². The third-order valence-electron chi connectivity index (χ3n) is 8.02. The molecule has 5 aliphatic rings. The number of nitrogens with zero attached hydrogens (tertiary/aromatic N) is 2. The quantitative estimate of drug-likeness (QED) is 0.466. The van der Waals surface area contributed by atoms with Gasteiger partial charge in [0.15, 0.2) is 0 Å². The van der Waals surface area contributed by atoms with Gasteiger partial charge in [-0.25, -0.2) is 4.99 Å². The summed E-state index contributed by atoms with van der Waals surface area (Å²) in [5.74, 6) is 1.87. The first-order chi connectivity index (χ1) is 15.0. The zero-order valence-corrected chi connectivity index (χ0v) is 19.9. The average molecular weight is 434 g/mol. The highest BCUT2D eigenvalue weighted by atomic mass is 32.2. The fourth-order valence-electron chi connectivity index (χ4n) is 5.60. The molecule has 0 radical (unpaired) electrons. The van der Waals surface area contributed by atoms with Crippen LogP contribution in [0.2, 0.25) is 0 Å². The van der Waals surface area contributed by atoms with Crippen molar-refractivity contribution in [1.82, 2.24) is 0 Å². The van der Waals surface area contributed by atoms with E-state index in [4.69, 9.17) is 9.98 Å². The third kappa shape index (κ3) is 4.41. The second-order valence-electron chi connectivity index (χ2n) is 10.3. The number of amidine groups is 1. The van der Waals surface area contributed by atoms with Gasteiger partial charge in [0.2, 0.25) is 0 Å². The first-order valence-corrected chi connectivity index (χ1v) is 12.8. The van der Waals surface area contributed by atoms with Gasteiger partial charge in [0.25, 0.3) is 0 Å². The van der Waals surface area contributed by atoms with Gasteiger partial charge in [0.05, 0.1) is 6.54 Å². The van der Waals surface area contributed by atoms with Crippen LogP contribution in [0.5, 0.6) is 0 Å². The molecule has 0 saturated heterocycles. The van der Waals surface area contributed by atoms with E-state index in [1.165, 1.54) is 79.7 Å². The molecule has 4 fully saturated rings. The molecular weight excluding hydrogens is 398 g/mol. The van der Waals surface area contributed by atoms with E-state index in [0.717, 1.165) is 18.0 Å². The van der Waals surface area contributed by atoms with Gasteiger partial charge in [-0.15, -0.1) is 11.8 Å². The van der Waals surface area contributed by atoms with Crippen LogP contribution in [0.1, 0.15) is 70.8 Å². The molecule has 31 heavy (non-hydrogen) atoms. The average Bonchev–Trinajstić information content (AvgIpc) is 3.53. The van der Waals surface area contributed by atoms with Crippen LogP contribution in [0, 0.1) is 16.7 Å². The van der Waals surface area contributed by atoms with Crippen molar-refractivity contribution in [3.05, 3.63) is 46.7 Å². The second-order valence-corrected chi connectivity index (χ2v) is 11.5. The van der Waals surface area contributed by atoms with E-state index in [1.54, 1.807) is 11.8 Å². The fourth-order valence-corrected chi connectivity index (χ4v) is 6.11. The topological polar surface area (TPSA) is 36.8 Å². The Kier molecular flexibility index (Phi) is 5.62. The van der Waals surface area contributed by atoms with Crippen molar-refractivity contribution in [2.45, 2.75) is 65.2 Å². The molecule has 164 valence electrons. The smallest absolute Gasteiger partial charge is 0.126 e. The zero-order chi connectivity index (χ0) is 21.5. The molecule has 1 aromatic carbocycles. The summed E-state index contributed by atoms with van der Waals surface area (Å²) in [6.45, 7) is 10.2. The lowest BCUT2D eigenvalue weighted by Gasteiger charge is -2.53. The van der Waals surface area contributed by atoms with Crippen LogP contribution in [0.4, 0.5) is 5.69 Å². The number of hydrogen-bond acceptors (Lipinski definition) is 4. The Labute approximate surface area is 191 Å². The molecule has 2 bridgehead atoms. The minimum Gasteiger partial charge on any atom is -0.384 e. The van der Waals surface area contributed by atoms with E-state index in [0.29, 0.717) is 16.7 Å². The van der Waals surface area contributed by atoms with Crippen LogP contribution in [-0.4, -0.2) is 24.6 Å². The van der Waals surface area contributed by atoms with Gasteiger partial charge in [0.1, 0.15) is 5.84 Å². The van der Waals surface area contributed by atoms with E-state index in [1.807, 2.05) is 6.92 Å². The molecule has 0 spiro atoms. The number of hydrogen-bond donors (Lipinski definition) is 1. The van der Waals surface area contributed by atoms with E-state index in [-0.39, 0.29) is 0 Å². The number of thioether (sulfide) groups is 1. The molecule has 6 rings (SSSR count). The van der Waals surface area contributed by atoms with Gasteiger partial charge >= 0.3 is 0 Å². The number of allylic oxidation sites excluding steroid dienone is 2. The molecule has 4 aliphatic carbocycles. The Hall–Kier alpha value is -1.81. The first-order valence-electron chi connectivity index (χ1n) is 11.9. The molecule has 1 aromatic rings. The third-order valence-corrected chi connectivity index (χ3v) is 8.89. The molecule has 1 heterocycles. The molecule has 1 aliphatic heterocycles. The van der Waals surface area contributed by atoms with Crippen molar-refractivity contribution in [2.75, 3.05) is 18.4 Å². The highest BCUT2D eigenvalue weighted by Gasteiger charge is 2.51. The summed E-state index contributed by atoms with van der Waals surface area (Å²) in [4.78, 5) is 11.0. The highest BCUT2D eigenvalue weighted by molar-refractivity contribution is 8.05. The minimum absolute atomic E-state index is 0.366. The van der Waals surface area contributed by atoms with Crippen LogP contribution >= 0.6 is 11.8 Å². The second kappa shape index (κ2) is 8.27. The van der Waals surface area contributed by atoms with Crippen molar-refractivity contribution >= 4 is 34.6 Å². The number of nitrogens with one attached hydrogen (secondary N) is 1. The Morgan fingerprint density at radius 3 is 2.58 bits per heavy atom. The normalized spacial score (nSPS) is 30.2. The number of aliphatic imine (C=N–C) groups is 2. The van der Waals surface area contributed by atoms with Gasteiger partial charge in [-0.1, -0.05) is 18.7 Å².